The van der Waals surface area contributed by atoms with E-state index in [0.29, 0.717) is 38.8 Å². The van der Waals surface area contributed by atoms with Gasteiger partial charge in [-0.1, -0.05) is 78.9 Å². The molecule has 0 radical (unpaired) electrons. The number of carbonyl (C=O) groups is 3. The summed E-state index contributed by atoms with van der Waals surface area (Å²) in [5.74, 6) is 1.82. The van der Waals surface area contributed by atoms with Gasteiger partial charge in [0.15, 0.2) is 0 Å². The first-order chi connectivity index (χ1) is 27.2. The first-order valence-corrected chi connectivity index (χ1v) is 19.9. The number of hydrogen-bond acceptors (Lipinski definition) is 6. The highest BCUT2D eigenvalue weighted by Gasteiger charge is 2.38. The van der Waals surface area contributed by atoms with Gasteiger partial charge < -0.3 is 30.2 Å². The molecule has 2 aromatic heterocycles. The first-order valence-electron chi connectivity index (χ1n) is 19.9. The van der Waals surface area contributed by atoms with Crippen molar-refractivity contribution in [3.05, 3.63) is 108 Å². The summed E-state index contributed by atoms with van der Waals surface area (Å²) in [7, 11) is 3.91. The lowest BCUT2D eigenvalue weighted by Gasteiger charge is -2.32. The van der Waals surface area contributed by atoms with Crippen molar-refractivity contribution in [3.63, 3.8) is 0 Å². The molecule has 12 heteroatoms. The third-order valence-corrected chi connectivity index (χ3v) is 11.9. The van der Waals surface area contributed by atoms with Crippen molar-refractivity contribution in [1.82, 2.24) is 40.0 Å². The second-order valence-corrected chi connectivity index (χ2v) is 15.7. The molecule has 3 atom stereocenters. The van der Waals surface area contributed by atoms with Gasteiger partial charge in [0.2, 0.25) is 11.8 Å². The average molecular weight is 755 g/mol. The van der Waals surface area contributed by atoms with E-state index < -0.39 is 6.09 Å². The summed E-state index contributed by atoms with van der Waals surface area (Å²) < 4.78 is 0. The quantitative estimate of drug-likeness (QED) is 0.115. The zero-order chi connectivity index (χ0) is 38.8. The zero-order valence-corrected chi connectivity index (χ0v) is 32.0. The summed E-state index contributed by atoms with van der Waals surface area (Å²) in [5, 5.41) is 11.6. The van der Waals surface area contributed by atoms with Crippen molar-refractivity contribution in [2.75, 3.05) is 27.2 Å². The molecule has 290 valence electrons. The number of hydrogen-bond donors (Lipinski definition) is 4. The molecule has 3 fully saturated rings. The molecule has 3 amide bonds. The molecule has 2 aliphatic heterocycles. The molecule has 3 aromatic carbocycles. The number of nitrogens with one attached hydrogen (secondary N) is 3. The van der Waals surface area contributed by atoms with Crippen molar-refractivity contribution in [3.8, 4) is 33.6 Å². The minimum absolute atomic E-state index is 0.0721. The van der Waals surface area contributed by atoms with Gasteiger partial charge in [0, 0.05) is 25.0 Å². The fourth-order valence-electron chi connectivity index (χ4n) is 8.97. The van der Waals surface area contributed by atoms with Gasteiger partial charge in [-0.25, -0.2) is 14.8 Å². The van der Waals surface area contributed by atoms with Crippen LogP contribution in [0.1, 0.15) is 86.7 Å². The van der Waals surface area contributed by atoms with E-state index in [9.17, 15) is 14.4 Å². The smallest absolute Gasteiger partial charge is 0.404 e. The molecule has 1 aliphatic carbocycles. The Morgan fingerprint density at radius 1 is 0.696 bits per heavy atom. The second-order valence-electron chi connectivity index (χ2n) is 15.7. The summed E-state index contributed by atoms with van der Waals surface area (Å²) >= 11 is 0. The minimum atomic E-state index is -1.00. The van der Waals surface area contributed by atoms with Crippen LogP contribution in [0.5, 0.6) is 0 Å². The predicted molar refractivity (Wildman–Crippen MR) is 214 cm³/mol. The van der Waals surface area contributed by atoms with Crippen molar-refractivity contribution < 1.29 is 19.5 Å². The number of carbonyl (C=O) groups excluding carboxylic acids is 2. The molecule has 56 heavy (non-hydrogen) atoms. The number of carboxylic acid groups (broad SMARTS) is 1. The normalized spacial score (nSPS) is 21.7. The highest BCUT2D eigenvalue weighted by atomic mass is 16.4. The largest absolute Gasteiger partial charge is 0.465 e. The zero-order valence-electron chi connectivity index (χ0n) is 32.0. The molecular formula is C44H50N8O4. The molecule has 0 unspecified atom stereocenters. The molecule has 4 heterocycles. The molecule has 8 rings (SSSR count). The Morgan fingerprint density at radius 2 is 1.20 bits per heavy atom. The summed E-state index contributed by atoms with van der Waals surface area (Å²) in [4.78, 5) is 61.0. The van der Waals surface area contributed by atoms with Crippen LogP contribution >= 0.6 is 0 Å². The van der Waals surface area contributed by atoms with E-state index in [4.69, 9.17) is 15.1 Å². The average Bonchev–Trinajstić information content (AvgIpc) is 4.05. The van der Waals surface area contributed by atoms with Gasteiger partial charge in [0.25, 0.3) is 0 Å². The van der Waals surface area contributed by atoms with Crippen LogP contribution < -0.4 is 5.32 Å². The van der Waals surface area contributed by atoms with Crippen LogP contribution in [-0.2, 0) is 9.59 Å². The fraction of sp³-hybridized carbons (Fsp3) is 0.386. The minimum Gasteiger partial charge on any atom is -0.465 e. The number of likely N-dealkylation sites (N-methyl/N-ethyl adjacent to an activating group) is 1. The van der Waals surface area contributed by atoms with E-state index in [1.165, 1.54) is 0 Å². The summed E-state index contributed by atoms with van der Waals surface area (Å²) in [5.41, 5.74) is 7.07. The van der Waals surface area contributed by atoms with Crippen molar-refractivity contribution >= 4 is 17.9 Å². The number of imidazole rings is 2. The Balaban J connectivity index is 0.899. The lowest BCUT2D eigenvalue weighted by Crippen LogP contribution is -2.41. The van der Waals surface area contributed by atoms with Gasteiger partial charge in [-0.15, -0.1) is 0 Å². The molecule has 1 saturated carbocycles. The van der Waals surface area contributed by atoms with Crippen LogP contribution in [0.2, 0.25) is 0 Å². The molecule has 2 saturated heterocycles. The lowest BCUT2D eigenvalue weighted by atomic mass is 9.85. The summed E-state index contributed by atoms with van der Waals surface area (Å²) in [6.07, 6.45) is 9.12. The highest BCUT2D eigenvalue weighted by Crippen LogP contribution is 2.37. The standard InChI is InChI=1S/C44H50N8O4/c1-50(2)39(32-8-4-3-5-9-32)43(54)52-25-7-11-38(52)41-46-27-36(49-41)31-18-14-29(15-19-31)28-12-16-30(17-13-28)35-26-45-40(48-35)37-10-6-24-51(37)42(53)33-20-22-34(23-21-33)47-44(55)56/h3-5,8-9,12-19,26-27,33-34,37-39,47H,6-7,10-11,20-25H2,1-2H3,(H,45,48)(H,46,49)(H,55,56)/t33?,34?,37-,38-,39+/m0/s1. The van der Waals surface area contributed by atoms with Crippen LogP contribution in [0.25, 0.3) is 33.6 Å². The predicted octanol–water partition coefficient (Wildman–Crippen LogP) is 7.59. The van der Waals surface area contributed by atoms with Crippen LogP contribution in [0.15, 0.2) is 91.3 Å². The Morgan fingerprint density at radius 3 is 1.71 bits per heavy atom. The van der Waals surface area contributed by atoms with E-state index in [1.807, 2.05) is 71.5 Å². The number of aromatic amines is 2. The van der Waals surface area contributed by atoms with Gasteiger partial charge in [-0.2, -0.15) is 0 Å². The van der Waals surface area contributed by atoms with E-state index in [-0.39, 0.29) is 41.9 Å². The van der Waals surface area contributed by atoms with E-state index in [0.717, 1.165) is 76.5 Å². The molecule has 12 nitrogen and oxygen atoms in total. The molecule has 4 N–H and O–H groups in total. The second kappa shape index (κ2) is 16.2. The van der Waals surface area contributed by atoms with E-state index in [1.54, 1.807) is 0 Å². The topological polar surface area (TPSA) is 151 Å². The Kier molecular flexibility index (Phi) is 10.7. The highest BCUT2D eigenvalue weighted by molar-refractivity contribution is 5.84. The Bertz CT molecular complexity index is 2140. The monoisotopic (exact) mass is 754 g/mol. The first kappa shape index (κ1) is 37.2. The van der Waals surface area contributed by atoms with Crippen LogP contribution in [0.4, 0.5) is 4.79 Å². The van der Waals surface area contributed by atoms with Crippen LogP contribution in [-0.4, -0.2) is 90.9 Å². The lowest BCUT2D eigenvalue weighted by molar-refractivity contribution is -0.138. The maximum Gasteiger partial charge on any atom is 0.404 e. The van der Waals surface area contributed by atoms with E-state index >= 15 is 0 Å². The van der Waals surface area contributed by atoms with Crippen molar-refractivity contribution in [1.29, 1.82) is 0 Å². The summed E-state index contributed by atoms with van der Waals surface area (Å²) in [6, 6.07) is 26.2. The third kappa shape index (κ3) is 7.70. The Labute approximate surface area is 327 Å². The number of aromatic nitrogens is 4. The number of rotatable bonds is 10. The molecule has 5 aromatic rings. The molecular weight excluding hydrogens is 705 g/mol. The maximum absolute atomic E-state index is 13.9. The fourth-order valence-corrected chi connectivity index (χ4v) is 8.97. The van der Waals surface area contributed by atoms with Crippen LogP contribution in [0.3, 0.4) is 0 Å². The summed E-state index contributed by atoms with van der Waals surface area (Å²) in [6.45, 7) is 1.43. The van der Waals surface area contributed by atoms with Gasteiger partial charge in [-0.05, 0) is 93.3 Å². The number of nitrogens with zero attached hydrogens (tertiary/aromatic N) is 5. The van der Waals surface area contributed by atoms with Crippen molar-refractivity contribution in [2.24, 2.45) is 5.92 Å². The molecule has 3 aliphatic rings. The van der Waals surface area contributed by atoms with Gasteiger partial charge in [0.05, 0.1) is 35.9 Å². The van der Waals surface area contributed by atoms with E-state index in [2.05, 4.69) is 63.8 Å². The van der Waals surface area contributed by atoms with Gasteiger partial charge >= 0.3 is 6.09 Å². The number of amides is 3. The number of benzene rings is 3. The number of H-pyrrole nitrogens is 2. The SMILES string of the molecule is CN(C)[C@@H](C(=O)N1CCC[C@H]1c1ncc(-c2ccc(-c3ccc(-c4cnc([C@@H]5CCCN5C(=O)C5CCC(NC(=O)O)CC5)[nH]4)cc3)cc2)[nH]1)c1ccccc1. The molecule has 0 bridgehead atoms. The van der Waals surface area contributed by atoms with Crippen LogP contribution in [0, 0.1) is 5.92 Å². The van der Waals surface area contributed by atoms with Crippen molar-refractivity contribution in [2.45, 2.75) is 75.5 Å². The van der Waals surface area contributed by atoms with Gasteiger partial charge in [0.1, 0.15) is 17.7 Å². The van der Waals surface area contributed by atoms with Gasteiger partial charge in [-0.3, -0.25) is 14.5 Å². The maximum atomic E-state index is 13.9. The molecule has 0 spiro atoms. The third-order valence-electron chi connectivity index (χ3n) is 11.9. The number of likely N-dealkylation sites (tertiary alicyclic amines) is 2. The Hall–Kier alpha value is -5.75.